The lowest BCUT2D eigenvalue weighted by Gasteiger charge is -2.34. The Morgan fingerprint density at radius 2 is 1.90 bits per heavy atom. The number of carbonyl (C=O) groups is 1. The minimum atomic E-state index is -5.08. The van der Waals surface area contributed by atoms with Crippen LogP contribution in [0.1, 0.15) is 24.2 Å². The van der Waals surface area contributed by atoms with Crippen molar-refractivity contribution in [3.05, 3.63) is 53.9 Å². The number of nitrogens with one attached hydrogen (secondary N) is 1. The molecular formula is C18H23F3N4O4S. The zero-order chi connectivity index (χ0) is 22.4. The zero-order valence-electron chi connectivity index (χ0n) is 16.2. The number of carboxylic acid groups (broad SMARTS) is 1. The number of halogens is 3. The van der Waals surface area contributed by atoms with E-state index in [1.807, 2.05) is 28.9 Å². The van der Waals surface area contributed by atoms with Crippen LogP contribution in [-0.2, 0) is 27.9 Å². The molecule has 0 spiro atoms. The summed E-state index contributed by atoms with van der Waals surface area (Å²) in [7, 11) is -3.19. The van der Waals surface area contributed by atoms with Crippen LogP contribution in [0.4, 0.5) is 13.2 Å². The van der Waals surface area contributed by atoms with E-state index < -0.39 is 22.2 Å². The van der Waals surface area contributed by atoms with Crippen molar-refractivity contribution in [3.63, 3.8) is 0 Å². The van der Waals surface area contributed by atoms with Crippen LogP contribution in [0.25, 0.3) is 0 Å². The molecule has 1 aliphatic rings. The molecule has 1 aliphatic heterocycles. The van der Waals surface area contributed by atoms with Crippen molar-refractivity contribution in [2.24, 2.45) is 0 Å². The van der Waals surface area contributed by atoms with Gasteiger partial charge in [0, 0.05) is 32.4 Å². The maximum Gasteiger partial charge on any atom is 0.490 e. The van der Waals surface area contributed by atoms with Gasteiger partial charge in [-0.05, 0) is 18.6 Å². The normalized spacial score (nSPS) is 17.0. The standard InChI is InChI=1S/C16H22N4O2S.C2HF3O2/c1-2-23(21,22)18-10-16-13-19(11-14-6-4-3-5-7-14)12-15-8-9-17-20(15)16;3-2(4,5)1(6)7/h3-9,16,18H,2,10-13H2,1H3;(H,6,7). The number of benzene rings is 1. The van der Waals surface area contributed by atoms with E-state index in [-0.39, 0.29) is 11.8 Å². The topological polar surface area (TPSA) is 105 Å². The van der Waals surface area contributed by atoms with Crippen LogP contribution < -0.4 is 4.72 Å². The fraction of sp³-hybridized carbons (Fsp3) is 0.444. The van der Waals surface area contributed by atoms with Crippen LogP contribution in [-0.4, -0.2) is 59.2 Å². The number of nitrogens with zero attached hydrogens (tertiary/aromatic N) is 3. The van der Waals surface area contributed by atoms with Crippen LogP contribution >= 0.6 is 0 Å². The van der Waals surface area contributed by atoms with Crippen molar-refractivity contribution in [2.75, 3.05) is 18.8 Å². The van der Waals surface area contributed by atoms with Crippen molar-refractivity contribution < 1.29 is 31.5 Å². The quantitative estimate of drug-likeness (QED) is 0.701. The van der Waals surface area contributed by atoms with E-state index in [1.54, 1.807) is 13.1 Å². The first kappa shape index (κ1) is 23.8. The summed E-state index contributed by atoms with van der Waals surface area (Å²) in [6, 6.07) is 12.3. The molecular weight excluding hydrogens is 425 g/mol. The number of aromatic nitrogens is 2. The first-order valence-corrected chi connectivity index (χ1v) is 10.7. The Balaban J connectivity index is 0.000000396. The lowest BCUT2D eigenvalue weighted by Crippen LogP contribution is -2.42. The summed E-state index contributed by atoms with van der Waals surface area (Å²) in [4.78, 5) is 11.2. The number of hydrogen-bond acceptors (Lipinski definition) is 5. The van der Waals surface area contributed by atoms with Gasteiger partial charge in [0.25, 0.3) is 0 Å². The summed E-state index contributed by atoms with van der Waals surface area (Å²) in [5, 5.41) is 11.5. The maximum atomic E-state index is 11.7. The Hall–Kier alpha value is -2.44. The molecule has 1 unspecified atom stereocenters. The molecule has 2 N–H and O–H groups in total. The average molecular weight is 448 g/mol. The number of rotatable bonds is 6. The summed E-state index contributed by atoms with van der Waals surface area (Å²) in [5.41, 5.74) is 2.38. The van der Waals surface area contributed by atoms with Gasteiger partial charge in [0.1, 0.15) is 0 Å². The highest BCUT2D eigenvalue weighted by Gasteiger charge is 2.38. The molecule has 2 aromatic rings. The van der Waals surface area contributed by atoms with Gasteiger partial charge in [-0.15, -0.1) is 0 Å². The Bertz CT molecular complexity index is 932. The molecule has 8 nitrogen and oxygen atoms in total. The summed E-state index contributed by atoms with van der Waals surface area (Å²) < 4.78 is 59.8. The second kappa shape index (κ2) is 10.0. The lowest BCUT2D eigenvalue weighted by atomic mass is 10.1. The van der Waals surface area contributed by atoms with E-state index >= 15 is 0 Å². The Morgan fingerprint density at radius 1 is 1.27 bits per heavy atom. The molecule has 2 heterocycles. The highest BCUT2D eigenvalue weighted by atomic mass is 32.2. The molecule has 1 atom stereocenters. The van der Waals surface area contributed by atoms with Crippen molar-refractivity contribution in [1.82, 2.24) is 19.4 Å². The Morgan fingerprint density at radius 3 is 2.47 bits per heavy atom. The van der Waals surface area contributed by atoms with Crippen LogP contribution in [0.5, 0.6) is 0 Å². The highest BCUT2D eigenvalue weighted by molar-refractivity contribution is 7.89. The molecule has 0 saturated heterocycles. The largest absolute Gasteiger partial charge is 0.490 e. The van der Waals surface area contributed by atoms with Gasteiger partial charge < -0.3 is 5.11 Å². The predicted octanol–water partition coefficient (Wildman–Crippen LogP) is 2.01. The number of fused-ring (bicyclic) bond motifs is 1. The average Bonchev–Trinajstić information content (AvgIpc) is 3.15. The molecule has 1 aromatic carbocycles. The summed E-state index contributed by atoms with van der Waals surface area (Å²) in [6.45, 7) is 4.46. The van der Waals surface area contributed by atoms with Crippen molar-refractivity contribution >= 4 is 16.0 Å². The third-order valence-corrected chi connectivity index (χ3v) is 5.73. The molecule has 0 amide bonds. The first-order valence-electron chi connectivity index (χ1n) is 9.08. The lowest BCUT2D eigenvalue weighted by molar-refractivity contribution is -0.192. The second-order valence-corrected chi connectivity index (χ2v) is 8.73. The Kier molecular flexibility index (Phi) is 7.98. The molecule has 0 bridgehead atoms. The summed E-state index contributed by atoms with van der Waals surface area (Å²) >= 11 is 0. The molecule has 0 aliphatic carbocycles. The minimum absolute atomic E-state index is 0.0128. The number of sulfonamides is 1. The number of alkyl halides is 3. The van der Waals surface area contributed by atoms with Crippen LogP contribution in [0.2, 0.25) is 0 Å². The number of hydrogen-bond donors (Lipinski definition) is 2. The van der Waals surface area contributed by atoms with Crippen molar-refractivity contribution in [2.45, 2.75) is 32.2 Å². The summed E-state index contributed by atoms with van der Waals surface area (Å²) in [5.74, 6) is -2.66. The number of carboxylic acids is 1. The molecule has 30 heavy (non-hydrogen) atoms. The third kappa shape index (κ3) is 7.11. The molecule has 166 valence electrons. The van der Waals surface area contributed by atoms with Gasteiger partial charge in [0.05, 0.1) is 17.5 Å². The van der Waals surface area contributed by atoms with Crippen molar-refractivity contribution in [1.29, 1.82) is 0 Å². The van der Waals surface area contributed by atoms with Gasteiger partial charge in [-0.1, -0.05) is 30.3 Å². The molecule has 1 aromatic heterocycles. The van der Waals surface area contributed by atoms with E-state index in [0.717, 1.165) is 25.3 Å². The van der Waals surface area contributed by atoms with Gasteiger partial charge in [-0.2, -0.15) is 18.3 Å². The molecule has 0 saturated carbocycles. The highest BCUT2D eigenvalue weighted by Crippen LogP contribution is 2.21. The van der Waals surface area contributed by atoms with Crippen LogP contribution in [0.3, 0.4) is 0 Å². The van der Waals surface area contributed by atoms with Gasteiger partial charge in [-0.3, -0.25) is 9.58 Å². The maximum absolute atomic E-state index is 11.7. The van der Waals surface area contributed by atoms with Crippen LogP contribution in [0.15, 0.2) is 42.6 Å². The van der Waals surface area contributed by atoms with Gasteiger partial charge in [0.15, 0.2) is 0 Å². The predicted molar refractivity (Wildman–Crippen MR) is 103 cm³/mol. The van der Waals surface area contributed by atoms with Gasteiger partial charge in [-0.25, -0.2) is 17.9 Å². The van der Waals surface area contributed by atoms with Gasteiger partial charge >= 0.3 is 12.1 Å². The molecule has 0 fully saturated rings. The van der Waals surface area contributed by atoms with Crippen molar-refractivity contribution in [3.8, 4) is 0 Å². The first-order chi connectivity index (χ1) is 14.0. The third-order valence-electron chi connectivity index (χ3n) is 4.36. The SMILES string of the molecule is CCS(=O)(=O)NCC1CN(Cc2ccccc2)Cc2ccnn21.O=C(O)C(F)(F)F. The van der Waals surface area contributed by atoms with E-state index in [2.05, 4.69) is 26.9 Å². The zero-order valence-corrected chi connectivity index (χ0v) is 17.0. The van der Waals surface area contributed by atoms with E-state index in [0.29, 0.717) is 6.54 Å². The second-order valence-electron chi connectivity index (χ2n) is 6.63. The fourth-order valence-corrected chi connectivity index (χ4v) is 3.55. The smallest absolute Gasteiger partial charge is 0.475 e. The number of aliphatic carboxylic acids is 1. The van der Waals surface area contributed by atoms with E-state index in [9.17, 15) is 21.6 Å². The molecule has 12 heteroatoms. The Labute approximate surface area is 172 Å². The van der Waals surface area contributed by atoms with E-state index in [4.69, 9.17) is 9.90 Å². The monoisotopic (exact) mass is 448 g/mol. The summed E-state index contributed by atoms with van der Waals surface area (Å²) in [6.07, 6.45) is -3.30. The fourth-order valence-electron chi connectivity index (χ4n) is 2.90. The minimum Gasteiger partial charge on any atom is -0.475 e. The molecule has 3 rings (SSSR count). The van der Waals surface area contributed by atoms with E-state index in [1.165, 1.54) is 5.56 Å². The van der Waals surface area contributed by atoms with Gasteiger partial charge in [0.2, 0.25) is 10.0 Å². The van der Waals surface area contributed by atoms with Crippen LogP contribution in [0, 0.1) is 0 Å². The molecule has 0 radical (unpaired) electrons.